The zero-order valence-corrected chi connectivity index (χ0v) is 19.5. The fourth-order valence-electron chi connectivity index (χ4n) is 3.65. The van der Waals surface area contributed by atoms with Gasteiger partial charge in [-0.15, -0.1) is 10.2 Å². The third-order valence-electron chi connectivity index (χ3n) is 5.36. The maximum Gasteiger partial charge on any atom is 0.233 e. The van der Waals surface area contributed by atoms with E-state index in [1.807, 2.05) is 36.9 Å². The Morgan fingerprint density at radius 2 is 1.91 bits per heavy atom. The van der Waals surface area contributed by atoms with E-state index < -0.39 is 0 Å². The zero-order valence-electron chi connectivity index (χ0n) is 18.0. The summed E-state index contributed by atoms with van der Waals surface area (Å²) in [6.45, 7) is 6.91. The number of hydrogen-bond acceptors (Lipinski definition) is 6. The molecule has 0 bridgehead atoms. The molecular formula is C22H24ClFN6OS. The monoisotopic (exact) mass is 474 g/mol. The van der Waals surface area contributed by atoms with Gasteiger partial charge in [-0.1, -0.05) is 29.4 Å². The van der Waals surface area contributed by atoms with Crippen LogP contribution in [-0.4, -0.2) is 67.6 Å². The number of amides is 1. The Kier molecular flexibility index (Phi) is 7.07. The maximum absolute atomic E-state index is 14.0. The molecule has 0 unspecified atom stereocenters. The smallest absolute Gasteiger partial charge is 0.233 e. The summed E-state index contributed by atoms with van der Waals surface area (Å²) < 4.78 is 15.8. The van der Waals surface area contributed by atoms with Crippen molar-refractivity contribution in [3.8, 4) is 5.82 Å². The average molecular weight is 475 g/mol. The van der Waals surface area contributed by atoms with Crippen LogP contribution in [0.3, 0.4) is 0 Å². The Hall–Kier alpha value is -2.49. The summed E-state index contributed by atoms with van der Waals surface area (Å²) in [6, 6.07) is 10.4. The molecule has 3 aromatic rings. The summed E-state index contributed by atoms with van der Waals surface area (Å²) >= 11 is 7.50. The molecule has 168 valence electrons. The van der Waals surface area contributed by atoms with E-state index in [1.54, 1.807) is 16.8 Å². The predicted molar refractivity (Wildman–Crippen MR) is 123 cm³/mol. The van der Waals surface area contributed by atoms with Gasteiger partial charge >= 0.3 is 0 Å². The minimum Gasteiger partial charge on any atom is -0.339 e. The molecule has 0 spiro atoms. The number of rotatable bonds is 6. The van der Waals surface area contributed by atoms with Gasteiger partial charge in [0.25, 0.3) is 0 Å². The lowest BCUT2D eigenvalue weighted by molar-refractivity contribution is -0.130. The molecule has 4 rings (SSSR count). The second-order valence-corrected chi connectivity index (χ2v) is 9.12. The van der Waals surface area contributed by atoms with Gasteiger partial charge in [-0.3, -0.25) is 9.69 Å². The van der Waals surface area contributed by atoms with Crippen LogP contribution in [0.5, 0.6) is 0 Å². The molecule has 32 heavy (non-hydrogen) atoms. The predicted octanol–water partition coefficient (Wildman–Crippen LogP) is 3.51. The first kappa shape index (κ1) is 22.7. The summed E-state index contributed by atoms with van der Waals surface area (Å²) in [5.74, 6) is 0.713. The van der Waals surface area contributed by atoms with Crippen molar-refractivity contribution in [1.82, 2.24) is 29.8 Å². The van der Waals surface area contributed by atoms with Crippen molar-refractivity contribution < 1.29 is 9.18 Å². The van der Waals surface area contributed by atoms with Crippen LogP contribution >= 0.6 is 23.4 Å². The van der Waals surface area contributed by atoms with Crippen LogP contribution in [0.15, 0.2) is 41.4 Å². The van der Waals surface area contributed by atoms with Crippen molar-refractivity contribution in [2.45, 2.75) is 25.4 Å². The Labute approximate surface area is 195 Å². The van der Waals surface area contributed by atoms with E-state index in [-0.39, 0.29) is 11.7 Å². The van der Waals surface area contributed by atoms with Crippen LogP contribution in [0.1, 0.15) is 17.0 Å². The number of aryl methyl sites for hydroxylation is 2. The number of piperazine rings is 1. The highest BCUT2D eigenvalue weighted by atomic mass is 35.5. The quantitative estimate of drug-likeness (QED) is 0.509. The van der Waals surface area contributed by atoms with Gasteiger partial charge in [0.1, 0.15) is 10.8 Å². The minimum atomic E-state index is -0.294. The summed E-state index contributed by atoms with van der Waals surface area (Å²) in [4.78, 5) is 16.6. The Balaban J connectivity index is 1.26. The van der Waals surface area contributed by atoms with Gasteiger partial charge in [0, 0.05) is 49.0 Å². The number of thioether (sulfide) groups is 1. The number of benzene rings is 1. The van der Waals surface area contributed by atoms with Gasteiger partial charge in [-0.05, 0) is 44.2 Å². The molecule has 0 N–H and O–H groups in total. The number of nitrogens with zero attached hydrogens (tertiary/aromatic N) is 6. The first-order valence-electron chi connectivity index (χ1n) is 10.3. The van der Waals surface area contributed by atoms with E-state index in [9.17, 15) is 9.18 Å². The lowest BCUT2D eigenvalue weighted by Gasteiger charge is -2.34. The normalized spacial score (nSPS) is 14.7. The van der Waals surface area contributed by atoms with E-state index in [2.05, 4.69) is 20.2 Å². The van der Waals surface area contributed by atoms with Gasteiger partial charge in [0.2, 0.25) is 5.91 Å². The van der Waals surface area contributed by atoms with Crippen molar-refractivity contribution in [2.75, 3.05) is 31.9 Å². The molecule has 10 heteroatoms. The number of carbonyl (C=O) groups is 1. The number of aromatic nitrogens is 4. The molecule has 3 heterocycles. The molecule has 1 aliphatic heterocycles. The molecule has 1 aromatic carbocycles. The maximum atomic E-state index is 14.0. The van der Waals surface area contributed by atoms with Crippen molar-refractivity contribution >= 4 is 29.3 Å². The number of halogens is 2. The Morgan fingerprint density at radius 1 is 1.12 bits per heavy atom. The summed E-state index contributed by atoms with van der Waals surface area (Å²) in [5, 5.41) is 14.0. The fraction of sp³-hybridized carbons (Fsp3) is 0.364. The van der Waals surface area contributed by atoms with Gasteiger partial charge in [0.15, 0.2) is 5.82 Å². The molecular weight excluding hydrogens is 451 g/mol. The third kappa shape index (κ3) is 5.28. The first-order chi connectivity index (χ1) is 15.4. The van der Waals surface area contributed by atoms with Crippen molar-refractivity contribution in [3.05, 3.63) is 64.2 Å². The van der Waals surface area contributed by atoms with E-state index in [4.69, 9.17) is 11.6 Å². The van der Waals surface area contributed by atoms with Crippen LogP contribution in [0, 0.1) is 19.7 Å². The highest BCUT2D eigenvalue weighted by molar-refractivity contribution is 7.99. The number of hydrogen-bond donors (Lipinski definition) is 0. The highest BCUT2D eigenvalue weighted by Crippen LogP contribution is 2.22. The van der Waals surface area contributed by atoms with Gasteiger partial charge in [0.05, 0.1) is 11.4 Å². The van der Waals surface area contributed by atoms with Crippen LogP contribution in [0.25, 0.3) is 5.82 Å². The fourth-order valence-corrected chi connectivity index (χ4v) is 4.59. The molecule has 2 aromatic heterocycles. The topological polar surface area (TPSA) is 67.2 Å². The molecule has 1 saturated heterocycles. The molecule has 1 amide bonds. The minimum absolute atomic E-state index is 0.0583. The van der Waals surface area contributed by atoms with Crippen LogP contribution in [-0.2, 0) is 11.3 Å². The lowest BCUT2D eigenvalue weighted by Crippen LogP contribution is -2.48. The molecule has 1 fully saturated rings. The second kappa shape index (κ2) is 9.97. The van der Waals surface area contributed by atoms with Gasteiger partial charge < -0.3 is 4.90 Å². The highest BCUT2D eigenvalue weighted by Gasteiger charge is 2.22. The van der Waals surface area contributed by atoms with Gasteiger partial charge in [-0.25, -0.2) is 9.07 Å². The van der Waals surface area contributed by atoms with Crippen molar-refractivity contribution in [2.24, 2.45) is 0 Å². The second-order valence-electron chi connectivity index (χ2n) is 7.71. The lowest BCUT2D eigenvalue weighted by atomic mass is 10.2. The molecule has 0 aliphatic carbocycles. The Morgan fingerprint density at radius 3 is 2.53 bits per heavy atom. The summed E-state index contributed by atoms with van der Waals surface area (Å²) in [6.07, 6.45) is 0. The average Bonchev–Trinajstić information content (AvgIpc) is 3.13. The third-order valence-corrected chi connectivity index (χ3v) is 6.62. The first-order valence-corrected chi connectivity index (χ1v) is 11.7. The summed E-state index contributed by atoms with van der Waals surface area (Å²) in [7, 11) is 0. The molecule has 1 aliphatic rings. The molecule has 0 radical (unpaired) electrons. The molecule has 7 nitrogen and oxygen atoms in total. The van der Waals surface area contributed by atoms with Gasteiger partial charge in [-0.2, -0.15) is 5.10 Å². The van der Waals surface area contributed by atoms with Crippen LogP contribution < -0.4 is 0 Å². The summed E-state index contributed by atoms with van der Waals surface area (Å²) in [5.41, 5.74) is 2.42. The number of carbonyl (C=O) groups excluding carboxylic acids is 1. The van der Waals surface area contributed by atoms with Crippen molar-refractivity contribution in [1.29, 1.82) is 0 Å². The SMILES string of the molecule is Cc1cc(C)n(-c2ccc(SCC(=O)N3CCN(Cc4c(F)cccc4Cl)CC3)nn2)n1. The van der Waals surface area contributed by atoms with E-state index in [0.29, 0.717) is 59.9 Å². The van der Waals surface area contributed by atoms with Crippen LogP contribution in [0.2, 0.25) is 5.02 Å². The van der Waals surface area contributed by atoms with E-state index in [0.717, 1.165) is 11.4 Å². The zero-order chi connectivity index (χ0) is 22.7. The van der Waals surface area contributed by atoms with Crippen LogP contribution in [0.4, 0.5) is 4.39 Å². The van der Waals surface area contributed by atoms with E-state index in [1.165, 1.54) is 17.8 Å². The molecule has 0 atom stereocenters. The molecule has 0 saturated carbocycles. The largest absolute Gasteiger partial charge is 0.339 e. The Bertz CT molecular complexity index is 1080. The van der Waals surface area contributed by atoms with E-state index >= 15 is 0 Å². The standard InChI is InChI=1S/C22H24ClFN6OS/c1-15-12-16(2)30(27-15)20-6-7-21(26-25-20)32-14-22(31)29-10-8-28(9-11-29)13-17-18(23)4-3-5-19(17)24/h3-7,12H,8-11,13-14H2,1-2H3. The van der Waals surface area contributed by atoms with Crippen molar-refractivity contribution in [3.63, 3.8) is 0 Å².